The third-order valence-corrected chi connectivity index (χ3v) is 4.41. The van der Waals surface area contributed by atoms with Crippen molar-refractivity contribution in [1.29, 1.82) is 0 Å². The number of carbonyl (C=O) groups excluding carboxylic acids is 2. The van der Waals surface area contributed by atoms with Crippen molar-refractivity contribution in [2.75, 3.05) is 13.4 Å². The van der Waals surface area contributed by atoms with E-state index >= 15 is 0 Å². The molecule has 0 aliphatic carbocycles. The number of halogens is 2. The van der Waals surface area contributed by atoms with E-state index in [1.807, 2.05) is 6.26 Å². The van der Waals surface area contributed by atoms with E-state index < -0.39 is 11.8 Å². The highest BCUT2D eigenvalue weighted by atomic mass is 35.5. The molecule has 0 aromatic heterocycles. The molecule has 0 heterocycles. The molecule has 0 unspecified atom stereocenters. The highest BCUT2D eigenvalue weighted by molar-refractivity contribution is 7.98. The standard InChI is InChI=1S/C16H14Cl2N2O3S/c1-23-14-7-9(17)3-5-11(14)15(21)19-20-16(22)12-8-10(24-2)4-6-13(12)18/h3-8H,1-2H3,(H,19,21)(H,20,22). The molecule has 0 atom stereocenters. The van der Waals surface area contributed by atoms with Gasteiger partial charge in [-0.2, -0.15) is 0 Å². The van der Waals surface area contributed by atoms with Crippen LogP contribution in [0.5, 0.6) is 5.75 Å². The number of hydrazine groups is 1. The molecule has 24 heavy (non-hydrogen) atoms. The van der Waals surface area contributed by atoms with Gasteiger partial charge in [0.1, 0.15) is 5.75 Å². The van der Waals surface area contributed by atoms with Crippen molar-refractivity contribution < 1.29 is 14.3 Å². The Hall–Kier alpha value is -1.89. The minimum Gasteiger partial charge on any atom is -0.496 e. The first kappa shape index (κ1) is 18.4. The summed E-state index contributed by atoms with van der Waals surface area (Å²) < 4.78 is 5.11. The first-order valence-corrected chi connectivity index (χ1v) is 8.72. The zero-order valence-electron chi connectivity index (χ0n) is 12.9. The number of hydrogen-bond acceptors (Lipinski definition) is 4. The Labute approximate surface area is 153 Å². The highest BCUT2D eigenvalue weighted by Gasteiger charge is 2.15. The van der Waals surface area contributed by atoms with Crippen LogP contribution in [0.2, 0.25) is 10.0 Å². The van der Waals surface area contributed by atoms with E-state index in [-0.39, 0.29) is 11.1 Å². The van der Waals surface area contributed by atoms with Gasteiger partial charge in [0.2, 0.25) is 0 Å². The molecule has 5 nitrogen and oxygen atoms in total. The second-order valence-corrected chi connectivity index (χ2v) is 6.32. The summed E-state index contributed by atoms with van der Waals surface area (Å²) in [4.78, 5) is 25.3. The summed E-state index contributed by atoms with van der Waals surface area (Å²) in [6.07, 6.45) is 1.89. The van der Waals surface area contributed by atoms with Crippen LogP contribution in [0.25, 0.3) is 0 Å². The lowest BCUT2D eigenvalue weighted by molar-refractivity contribution is 0.0845. The molecule has 2 aromatic carbocycles. The van der Waals surface area contributed by atoms with Gasteiger partial charge in [0.05, 0.1) is 23.3 Å². The van der Waals surface area contributed by atoms with Crippen molar-refractivity contribution in [3.8, 4) is 5.75 Å². The Morgan fingerprint density at radius 1 is 1.00 bits per heavy atom. The van der Waals surface area contributed by atoms with E-state index in [0.29, 0.717) is 15.8 Å². The highest BCUT2D eigenvalue weighted by Crippen LogP contribution is 2.24. The number of methoxy groups -OCH3 is 1. The van der Waals surface area contributed by atoms with Gasteiger partial charge in [0, 0.05) is 9.92 Å². The molecule has 0 spiro atoms. The van der Waals surface area contributed by atoms with E-state index in [2.05, 4.69) is 10.9 Å². The molecule has 0 aliphatic rings. The topological polar surface area (TPSA) is 67.4 Å². The molecular weight excluding hydrogens is 371 g/mol. The Bertz CT molecular complexity index is 784. The van der Waals surface area contributed by atoms with Crippen LogP contribution in [0.15, 0.2) is 41.3 Å². The van der Waals surface area contributed by atoms with Gasteiger partial charge in [-0.25, -0.2) is 0 Å². The van der Waals surface area contributed by atoms with E-state index in [4.69, 9.17) is 27.9 Å². The molecule has 0 bridgehead atoms. The number of ether oxygens (including phenoxy) is 1. The van der Waals surface area contributed by atoms with Crippen molar-refractivity contribution in [3.05, 3.63) is 57.6 Å². The van der Waals surface area contributed by atoms with Crippen molar-refractivity contribution in [3.63, 3.8) is 0 Å². The van der Waals surface area contributed by atoms with Gasteiger partial charge in [0.15, 0.2) is 0 Å². The van der Waals surface area contributed by atoms with Crippen molar-refractivity contribution >= 4 is 46.8 Å². The fraction of sp³-hybridized carbons (Fsp3) is 0.125. The van der Waals surface area contributed by atoms with Gasteiger partial charge in [-0.1, -0.05) is 23.2 Å². The Kier molecular flexibility index (Phi) is 6.36. The quantitative estimate of drug-likeness (QED) is 0.621. The average molecular weight is 385 g/mol. The first-order chi connectivity index (χ1) is 11.5. The lowest BCUT2D eigenvalue weighted by Gasteiger charge is -2.11. The number of thioether (sulfide) groups is 1. The third-order valence-electron chi connectivity index (χ3n) is 3.12. The predicted octanol–water partition coefficient (Wildman–Crippen LogP) is 3.80. The fourth-order valence-corrected chi connectivity index (χ4v) is 2.71. The maximum absolute atomic E-state index is 12.2. The smallest absolute Gasteiger partial charge is 0.273 e. The minimum atomic E-state index is -0.533. The number of benzene rings is 2. The normalized spacial score (nSPS) is 10.2. The summed E-state index contributed by atoms with van der Waals surface area (Å²) >= 11 is 13.4. The molecule has 0 radical (unpaired) electrons. The monoisotopic (exact) mass is 384 g/mol. The molecule has 2 aromatic rings. The molecule has 2 amide bonds. The molecular formula is C16H14Cl2N2O3S. The second kappa shape index (κ2) is 8.28. The van der Waals surface area contributed by atoms with E-state index in [1.165, 1.54) is 31.0 Å². The average Bonchev–Trinajstić information content (AvgIpc) is 2.59. The number of hydrogen-bond donors (Lipinski definition) is 2. The van der Waals surface area contributed by atoms with Crippen molar-refractivity contribution in [2.45, 2.75) is 4.90 Å². The van der Waals surface area contributed by atoms with Gasteiger partial charge in [-0.3, -0.25) is 20.4 Å². The van der Waals surface area contributed by atoms with Gasteiger partial charge in [0.25, 0.3) is 11.8 Å². The second-order valence-electron chi connectivity index (χ2n) is 4.60. The van der Waals surface area contributed by atoms with Crippen molar-refractivity contribution in [1.82, 2.24) is 10.9 Å². The van der Waals surface area contributed by atoms with Crippen LogP contribution >= 0.6 is 35.0 Å². The summed E-state index contributed by atoms with van der Waals surface area (Å²) in [6, 6.07) is 9.66. The van der Waals surface area contributed by atoms with E-state index in [0.717, 1.165) is 4.90 Å². The molecule has 0 aliphatic heterocycles. The fourth-order valence-electron chi connectivity index (χ4n) is 1.91. The molecule has 0 fully saturated rings. The third kappa shape index (κ3) is 4.35. The van der Waals surface area contributed by atoms with Crippen molar-refractivity contribution in [2.24, 2.45) is 0 Å². The summed E-state index contributed by atoms with van der Waals surface area (Å²) in [7, 11) is 1.43. The zero-order valence-corrected chi connectivity index (χ0v) is 15.2. The SMILES string of the molecule is COc1cc(Cl)ccc1C(=O)NNC(=O)c1cc(SC)ccc1Cl. The predicted molar refractivity (Wildman–Crippen MR) is 96.2 cm³/mol. The van der Waals surface area contributed by atoms with E-state index in [9.17, 15) is 9.59 Å². The Balaban J connectivity index is 2.10. The number of rotatable bonds is 4. The maximum Gasteiger partial charge on any atom is 0.273 e. The molecule has 0 saturated carbocycles. The maximum atomic E-state index is 12.2. The zero-order chi connectivity index (χ0) is 17.7. The molecule has 2 rings (SSSR count). The Morgan fingerprint density at radius 2 is 1.67 bits per heavy atom. The number of nitrogens with one attached hydrogen (secondary N) is 2. The van der Waals surface area contributed by atoms with Gasteiger partial charge < -0.3 is 4.74 Å². The van der Waals surface area contributed by atoms with Crippen LogP contribution in [-0.4, -0.2) is 25.2 Å². The largest absolute Gasteiger partial charge is 0.496 e. The van der Waals surface area contributed by atoms with Crippen LogP contribution < -0.4 is 15.6 Å². The Morgan fingerprint density at radius 3 is 2.29 bits per heavy atom. The van der Waals surface area contributed by atoms with Gasteiger partial charge in [-0.15, -0.1) is 11.8 Å². The van der Waals surface area contributed by atoms with Gasteiger partial charge >= 0.3 is 0 Å². The molecule has 0 saturated heterocycles. The summed E-state index contributed by atoms with van der Waals surface area (Å²) in [5.41, 5.74) is 5.18. The van der Waals surface area contributed by atoms with Crippen LogP contribution in [0.4, 0.5) is 0 Å². The minimum absolute atomic E-state index is 0.242. The first-order valence-electron chi connectivity index (χ1n) is 6.74. The number of amides is 2. The number of carbonyl (C=O) groups is 2. The van der Waals surface area contributed by atoms with Crippen LogP contribution in [-0.2, 0) is 0 Å². The van der Waals surface area contributed by atoms with Gasteiger partial charge in [-0.05, 0) is 42.7 Å². The summed E-state index contributed by atoms with van der Waals surface area (Å²) in [6.45, 7) is 0. The summed E-state index contributed by atoms with van der Waals surface area (Å²) in [5.74, 6) is -0.747. The van der Waals surface area contributed by atoms with Crippen LogP contribution in [0.3, 0.4) is 0 Å². The van der Waals surface area contributed by atoms with E-state index in [1.54, 1.807) is 24.3 Å². The lowest BCUT2D eigenvalue weighted by Crippen LogP contribution is -2.41. The molecule has 126 valence electrons. The molecule has 8 heteroatoms. The van der Waals surface area contributed by atoms with Crippen LogP contribution in [0, 0.1) is 0 Å². The lowest BCUT2D eigenvalue weighted by atomic mass is 10.2. The summed E-state index contributed by atoms with van der Waals surface area (Å²) in [5, 5.41) is 0.733. The van der Waals surface area contributed by atoms with Crippen LogP contribution in [0.1, 0.15) is 20.7 Å². The molecule has 2 N–H and O–H groups in total.